The van der Waals surface area contributed by atoms with Crippen LogP contribution in [-0.2, 0) is 7.05 Å². The first kappa shape index (κ1) is 23.9. The van der Waals surface area contributed by atoms with Crippen LogP contribution in [0.4, 0.5) is 5.13 Å². The van der Waals surface area contributed by atoms with Gasteiger partial charge in [0.05, 0.1) is 19.9 Å². The maximum Gasteiger partial charge on any atom is 0.278 e. The molecular formula is C20H28ClN5O3S. The van der Waals surface area contributed by atoms with E-state index in [1.54, 1.807) is 36.9 Å². The SMILES string of the molecule is COc1ccc(OC)c2sc(N(CCCN(C)C)C(=O)c3cc(C)nn3C)nc12.Cl. The number of methoxy groups -OCH3 is 2. The lowest BCUT2D eigenvalue weighted by Gasteiger charge is -2.21. The maximum atomic E-state index is 13.4. The number of aryl methyl sites for hydroxylation is 2. The third kappa shape index (κ3) is 4.85. The van der Waals surface area contributed by atoms with Crippen LogP contribution in [0.1, 0.15) is 22.6 Å². The lowest BCUT2D eigenvalue weighted by Crippen LogP contribution is -2.34. The summed E-state index contributed by atoms with van der Waals surface area (Å²) in [4.78, 5) is 22.0. The van der Waals surface area contributed by atoms with E-state index in [9.17, 15) is 4.79 Å². The van der Waals surface area contributed by atoms with Gasteiger partial charge in [0.1, 0.15) is 27.4 Å². The number of carbonyl (C=O) groups is 1. The minimum absolute atomic E-state index is 0. The summed E-state index contributed by atoms with van der Waals surface area (Å²) in [5.41, 5.74) is 2.03. The average molecular weight is 454 g/mol. The smallest absolute Gasteiger partial charge is 0.278 e. The topological polar surface area (TPSA) is 72.7 Å². The van der Waals surface area contributed by atoms with Gasteiger partial charge in [-0.25, -0.2) is 4.98 Å². The molecule has 0 spiro atoms. The van der Waals surface area contributed by atoms with Crippen molar-refractivity contribution in [3.05, 3.63) is 29.6 Å². The van der Waals surface area contributed by atoms with Crippen molar-refractivity contribution in [2.45, 2.75) is 13.3 Å². The highest BCUT2D eigenvalue weighted by atomic mass is 35.5. The molecular weight excluding hydrogens is 426 g/mol. The van der Waals surface area contributed by atoms with Gasteiger partial charge in [-0.2, -0.15) is 5.10 Å². The van der Waals surface area contributed by atoms with Crippen LogP contribution in [0.15, 0.2) is 18.2 Å². The predicted octanol–water partition coefficient (Wildman–Crippen LogP) is 3.38. The molecule has 0 saturated carbocycles. The summed E-state index contributed by atoms with van der Waals surface area (Å²) < 4.78 is 13.4. The van der Waals surface area contributed by atoms with Crippen molar-refractivity contribution in [3.8, 4) is 11.5 Å². The summed E-state index contributed by atoms with van der Waals surface area (Å²) in [6.45, 7) is 3.29. The van der Waals surface area contributed by atoms with E-state index in [0.29, 0.717) is 34.4 Å². The van der Waals surface area contributed by atoms with Crippen molar-refractivity contribution >= 4 is 45.0 Å². The molecule has 2 heterocycles. The molecule has 10 heteroatoms. The van der Waals surface area contributed by atoms with Crippen LogP contribution >= 0.6 is 23.7 Å². The molecule has 1 aromatic carbocycles. The lowest BCUT2D eigenvalue weighted by atomic mass is 10.3. The summed E-state index contributed by atoms with van der Waals surface area (Å²) in [5, 5.41) is 4.93. The normalized spacial score (nSPS) is 10.9. The van der Waals surface area contributed by atoms with E-state index < -0.39 is 0 Å². The van der Waals surface area contributed by atoms with E-state index in [0.717, 1.165) is 23.4 Å². The number of rotatable bonds is 8. The van der Waals surface area contributed by atoms with E-state index in [-0.39, 0.29) is 18.3 Å². The fourth-order valence-electron chi connectivity index (χ4n) is 3.17. The molecule has 8 nitrogen and oxygen atoms in total. The van der Waals surface area contributed by atoms with Gasteiger partial charge in [0.25, 0.3) is 5.91 Å². The Morgan fingerprint density at radius 2 is 1.83 bits per heavy atom. The van der Waals surface area contributed by atoms with E-state index in [1.165, 1.54) is 11.3 Å². The number of hydrogen-bond acceptors (Lipinski definition) is 7. The standard InChI is InChI=1S/C20H27N5O3S.ClH/c1-13-12-14(24(4)22-13)19(26)25(11-7-10-23(2)3)20-21-17-15(27-5)8-9-16(28-6)18(17)29-20;/h8-9,12H,7,10-11H2,1-6H3;1H. The molecule has 0 unspecified atom stereocenters. The summed E-state index contributed by atoms with van der Waals surface area (Å²) in [6, 6.07) is 5.48. The van der Waals surface area contributed by atoms with Crippen LogP contribution in [0.5, 0.6) is 11.5 Å². The van der Waals surface area contributed by atoms with Gasteiger partial charge in [0, 0.05) is 13.6 Å². The first-order valence-corrected chi connectivity index (χ1v) is 10.2. The molecule has 30 heavy (non-hydrogen) atoms. The van der Waals surface area contributed by atoms with Crippen molar-refractivity contribution < 1.29 is 14.3 Å². The fraction of sp³-hybridized carbons (Fsp3) is 0.450. The zero-order valence-corrected chi connectivity index (χ0v) is 19.8. The first-order valence-electron chi connectivity index (χ1n) is 9.34. The number of ether oxygens (including phenoxy) is 2. The minimum Gasteiger partial charge on any atom is -0.495 e. The second-order valence-corrected chi connectivity index (χ2v) is 8.03. The molecule has 0 aliphatic carbocycles. The molecule has 2 aromatic heterocycles. The molecule has 0 saturated heterocycles. The number of halogens is 1. The average Bonchev–Trinajstić information content (AvgIpc) is 3.26. The third-order valence-electron chi connectivity index (χ3n) is 4.58. The molecule has 1 amide bonds. The van der Waals surface area contributed by atoms with Crippen molar-refractivity contribution in [1.29, 1.82) is 0 Å². The van der Waals surface area contributed by atoms with Gasteiger partial charge >= 0.3 is 0 Å². The van der Waals surface area contributed by atoms with Crippen LogP contribution in [0.25, 0.3) is 10.2 Å². The molecule has 3 rings (SSSR count). The Bertz CT molecular complexity index is 976. The fourth-order valence-corrected chi connectivity index (χ4v) is 4.27. The van der Waals surface area contributed by atoms with E-state index in [2.05, 4.69) is 10.00 Å². The third-order valence-corrected chi connectivity index (χ3v) is 5.68. The molecule has 0 N–H and O–H groups in total. The zero-order chi connectivity index (χ0) is 21.1. The number of aromatic nitrogens is 3. The Morgan fingerprint density at radius 1 is 1.17 bits per heavy atom. The molecule has 0 bridgehead atoms. The summed E-state index contributed by atoms with van der Waals surface area (Å²) in [6.07, 6.45) is 0.819. The Labute approximate surface area is 186 Å². The van der Waals surface area contributed by atoms with E-state index in [4.69, 9.17) is 14.5 Å². The lowest BCUT2D eigenvalue weighted by molar-refractivity contribution is 0.0977. The number of fused-ring (bicyclic) bond motifs is 1. The largest absolute Gasteiger partial charge is 0.495 e. The predicted molar refractivity (Wildman–Crippen MR) is 123 cm³/mol. The maximum absolute atomic E-state index is 13.4. The Balaban J connectivity index is 0.00000320. The number of thiazole rings is 1. The minimum atomic E-state index is -0.121. The van der Waals surface area contributed by atoms with Gasteiger partial charge in [-0.15, -0.1) is 12.4 Å². The van der Waals surface area contributed by atoms with Gasteiger partial charge in [0.2, 0.25) is 0 Å². The van der Waals surface area contributed by atoms with E-state index >= 15 is 0 Å². The molecule has 164 valence electrons. The zero-order valence-electron chi connectivity index (χ0n) is 18.1. The van der Waals surface area contributed by atoms with Crippen LogP contribution in [0, 0.1) is 6.92 Å². The second kappa shape index (κ2) is 10.1. The molecule has 0 radical (unpaired) electrons. The Kier molecular flexibility index (Phi) is 8.05. The Hall–Kier alpha value is -2.36. The summed E-state index contributed by atoms with van der Waals surface area (Å²) in [7, 11) is 9.05. The van der Waals surface area contributed by atoms with E-state index in [1.807, 2.05) is 33.2 Å². The number of carbonyl (C=O) groups excluding carboxylic acids is 1. The van der Waals surface area contributed by atoms with Crippen LogP contribution in [-0.4, -0.2) is 67.0 Å². The number of anilines is 1. The molecule has 3 aromatic rings. The molecule has 0 fully saturated rings. The van der Waals surface area contributed by atoms with Crippen LogP contribution in [0.2, 0.25) is 0 Å². The van der Waals surface area contributed by atoms with Gasteiger partial charge in [-0.3, -0.25) is 14.4 Å². The van der Waals surface area contributed by atoms with Gasteiger partial charge in [0.15, 0.2) is 5.13 Å². The van der Waals surface area contributed by atoms with Crippen LogP contribution < -0.4 is 14.4 Å². The number of nitrogens with zero attached hydrogens (tertiary/aromatic N) is 5. The number of hydrogen-bond donors (Lipinski definition) is 0. The quantitative estimate of drug-likeness (QED) is 0.520. The van der Waals surface area contributed by atoms with Crippen molar-refractivity contribution in [2.75, 3.05) is 46.3 Å². The van der Waals surface area contributed by atoms with Crippen molar-refractivity contribution in [2.24, 2.45) is 7.05 Å². The van der Waals surface area contributed by atoms with Crippen molar-refractivity contribution in [3.63, 3.8) is 0 Å². The highest BCUT2D eigenvalue weighted by molar-refractivity contribution is 7.22. The number of amides is 1. The molecule has 0 aliphatic heterocycles. The summed E-state index contributed by atoms with van der Waals surface area (Å²) in [5.74, 6) is 1.24. The van der Waals surface area contributed by atoms with Gasteiger partial charge in [-0.1, -0.05) is 11.3 Å². The van der Waals surface area contributed by atoms with Crippen LogP contribution in [0.3, 0.4) is 0 Å². The highest BCUT2D eigenvalue weighted by Crippen LogP contribution is 2.40. The Morgan fingerprint density at radius 3 is 2.40 bits per heavy atom. The second-order valence-electron chi connectivity index (χ2n) is 7.05. The van der Waals surface area contributed by atoms with Crippen molar-refractivity contribution in [1.82, 2.24) is 19.7 Å². The molecule has 0 aliphatic rings. The highest BCUT2D eigenvalue weighted by Gasteiger charge is 2.25. The van der Waals surface area contributed by atoms with Gasteiger partial charge in [-0.05, 0) is 52.2 Å². The number of benzene rings is 1. The van der Waals surface area contributed by atoms with Gasteiger partial charge < -0.3 is 14.4 Å². The molecule has 0 atom stereocenters. The monoisotopic (exact) mass is 453 g/mol. The summed E-state index contributed by atoms with van der Waals surface area (Å²) >= 11 is 1.43. The first-order chi connectivity index (χ1) is 13.8.